The van der Waals surface area contributed by atoms with E-state index in [1.807, 2.05) is 0 Å². The van der Waals surface area contributed by atoms with Gasteiger partial charge in [-0.1, -0.05) is 5.92 Å². The summed E-state index contributed by atoms with van der Waals surface area (Å²) in [7, 11) is 0. The Kier molecular flexibility index (Phi) is 5.37. The van der Waals surface area contributed by atoms with Crippen molar-refractivity contribution in [2.24, 2.45) is 0 Å². The first-order valence-electron chi connectivity index (χ1n) is 5.38. The van der Waals surface area contributed by atoms with Crippen molar-refractivity contribution in [3.05, 3.63) is 30.1 Å². The van der Waals surface area contributed by atoms with Crippen LogP contribution in [0, 0.1) is 17.7 Å². The molecule has 1 rings (SSSR count). The maximum Gasteiger partial charge on any atom is 0.462 e. The van der Waals surface area contributed by atoms with Crippen LogP contribution in [0.3, 0.4) is 0 Å². The van der Waals surface area contributed by atoms with Gasteiger partial charge in [0, 0.05) is 6.42 Å². The molecule has 0 heterocycles. The van der Waals surface area contributed by atoms with Crippen LogP contribution >= 0.6 is 0 Å². The lowest BCUT2D eigenvalue weighted by Crippen LogP contribution is -2.20. The molecule has 1 aromatic carbocycles. The van der Waals surface area contributed by atoms with Crippen molar-refractivity contribution >= 4 is 5.78 Å². The highest BCUT2D eigenvalue weighted by Gasteiger charge is 2.36. The molecule has 0 aromatic heterocycles. The Morgan fingerprint density at radius 1 is 1.21 bits per heavy atom. The maximum absolute atomic E-state index is 12.5. The van der Waals surface area contributed by atoms with Crippen molar-refractivity contribution in [1.29, 1.82) is 0 Å². The van der Waals surface area contributed by atoms with Crippen LogP contribution < -0.4 is 4.74 Å². The molecule has 2 nitrogen and oxygen atoms in total. The van der Waals surface area contributed by atoms with Gasteiger partial charge in [-0.05, 0) is 36.6 Å². The lowest BCUT2D eigenvalue weighted by atomic mass is 10.3. The molecule has 0 atom stereocenters. The summed E-state index contributed by atoms with van der Waals surface area (Å²) < 4.78 is 53.1. The predicted octanol–water partition coefficient (Wildman–Crippen LogP) is 3.12. The minimum atomic E-state index is -4.91. The van der Waals surface area contributed by atoms with Crippen LogP contribution in [0.15, 0.2) is 24.3 Å². The minimum Gasteiger partial charge on any atom is -0.494 e. The highest BCUT2D eigenvalue weighted by molar-refractivity contribution is 5.99. The number of halogens is 4. The van der Waals surface area contributed by atoms with Gasteiger partial charge in [0.25, 0.3) is 0 Å². The quantitative estimate of drug-likeness (QED) is 0.365. The first-order valence-corrected chi connectivity index (χ1v) is 5.38. The number of unbranched alkanes of at least 4 members (excludes halogenated alkanes) is 1. The zero-order valence-corrected chi connectivity index (χ0v) is 9.76. The van der Waals surface area contributed by atoms with Gasteiger partial charge in [-0.15, -0.1) is 0 Å². The van der Waals surface area contributed by atoms with Crippen LogP contribution in [0.5, 0.6) is 5.75 Å². The van der Waals surface area contributed by atoms with Gasteiger partial charge in [-0.3, -0.25) is 4.79 Å². The number of carbonyl (C=O) groups is 1. The van der Waals surface area contributed by atoms with Crippen LogP contribution in [0.1, 0.15) is 12.8 Å². The van der Waals surface area contributed by atoms with E-state index in [1.165, 1.54) is 30.2 Å². The number of carbonyl (C=O) groups excluding carboxylic acids is 1. The molecule has 1 aromatic rings. The zero-order chi connectivity index (χ0) is 14.3. The van der Waals surface area contributed by atoms with Gasteiger partial charge in [-0.25, -0.2) is 4.39 Å². The zero-order valence-electron chi connectivity index (χ0n) is 9.76. The molecule has 0 aliphatic carbocycles. The second kappa shape index (κ2) is 6.78. The molecule has 0 fully saturated rings. The average molecular weight is 274 g/mol. The van der Waals surface area contributed by atoms with Crippen molar-refractivity contribution in [3.8, 4) is 17.6 Å². The molecule has 0 bridgehead atoms. The molecule has 0 spiro atoms. The number of ketones is 1. The molecule has 19 heavy (non-hydrogen) atoms. The molecule has 0 N–H and O–H groups in total. The summed E-state index contributed by atoms with van der Waals surface area (Å²) in [6.45, 7) is 0.223. The topological polar surface area (TPSA) is 26.3 Å². The van der Waals surface area contributed by atoms with Gasteiger partial charge in [0.15, 0.2) is 0 Å². The monoisotopic (exact) mass is 274 g/mol. The van der Waals surface area contributed by atoms with Crippen LogP contribution in [0.25, 0.3) is 0 Å². The normalized spacial score (nSPS) is 10.5. The summed E-state index contributed by atoms with van der Waals surface area (Å²) >= 11 is 0. The van der Waals surface area contributed by atoms with E-state index in [0.29, 0.717) is 12.2 Å². The third-order valence-corrected chi connectivity index (χ3v) is 1.99. The van der Waals surface area contributed by atoms with Crippen LogP contribution in [-0.2, 0) is 4.79 Å². The third-order valence-electron chi connectivity index (χ3n) is 1.99. The van der Waals surface area contributed by atoms with Crippen molar-refractivity contribution in [1.82, 2.24) is 0 Å². The molecular weight excluding hydrogens is 264 g/mol. The number of ether oxygens (including phenoxy) is 1. The molecule has 0 aliphatic rings. The van der Waals surface area contributed by atoms with Crippen molar-refractivity contribution in [3.63, 3.8) is 0 Å². The highest BCUT2D eigenvalue weighted by Crippen LogP contribution is 2.15. The van der Waals surface area contributed by atoms with E-state index in [2.05, 4.69) is 5.92 Å². The van der Waals surface area contributed by atoms with E-state index < -0.39 is 12.0 Å². The van der Waals surface area contributed by atoms with E-state index in [4.69, 9.17) is 4.74 Å². The summed E-state index contributed by atoms with van der Waals surface area (Å²) in [4.78, 5) is 10.4. The number of hydrogen-bond donors (Lipinski definition) is 0. The fraction of sp³-hybridized carbons (Fsp3) is 0.308. The molecule has 0 saturated heterocycles. The molecule has 0 amide bonds. The summed E-state index contributed by atoms with van der Waals surface area (Å²) in [6, 6.07) is 5.34. The van der Waals surface area contributed by atoms with Crippen molar-refractivity contribution < 1.29 is 27.1 Å². The molecule has 0 aliphatic heterocycles. The Bertz CT molecular complexity index is 480. The second-order valence-corrected chi connectivity index (χ2v) is 3.53. The Labute approximate surface area is 107 Å². The summed E-state index contributed by atoms with van der Waals surface area (Å²) in [5, 5.41) is 0. The number of Topliss-reactive ketones (excluding diaryl/α,β-unsaturated/α-hetero) is 1. The van der Waals surface area contributed by atoms with E-state index in [0.717, 1.165) is 0 Å². The summed E-state index contributed by atoms with van der Waals surface area (Å²) in [6.07, 6.45) is -4.42. The Morgan fingerprint density at radius 2 is 1.84 bits per heavy atom. The predicted molar refractivity (Wildman–Crippen MR) is 60.0 cm³/mol. The van der Waals surface area contributed by atoms with Crippen LogP contribution in [0.2, 0.25) is 0 Å². The Hall–Kier alpha value is -2.03. The van der Waals surface area contributed by atoms with Crippen LogP contribution in [0.4, 0.5) is 17.6 Å². The molecule has 0 saturated carbocycles. The standard InChI is InChI=1S/C13H10F4O2/c14-10-5-7-11(8-6-10)19-9-3-1-2-4-12(18)13(15,16)17/h5-8H,1,3,9H2. The Balaban J connectivity index is 2.24. The molecule has 0 unspecified atom stereocenters. The van der Waals surface area contributed by atoms with E-state index >= 15 is 0 Å². The summed E-state index contributed by atoms with van der Waals surface area (Å²) in [5.41, 5.74) is 0. The molecular formula is C13H10F4O2. The third kappa shape index (κ3) is 5.91. The van der Waals surface area contributed by atoms with Gasteiger partial charge >= 0.3 is 12.0 Å². The number of hydrogen-bond acceptors (Lipinski definition) is 2. The van der Waals surface area contributed by atoms with Gasteiger partial charge in [0.05, 0.1) is 6.61 Å². The minimum absolute atomic E-state index is 0.114. The number of alkyl halides is 3. The molecule has 102 valence electrons. The van der Waals surface area contributed by atoms with E-state index in [9.17, 15) is 22.4 Å². The molecule has 0 radical (unpaired) electrons. The number of benzene rings is 1. The lowest BCUT2D eigenvalue weighted by molar-refractivity contribution is -0.164. The fourth-order valence-electron chi connectivity index (χ4n) is 1.10. The number of rotatable bonds is 4. The maximum atomic E-state index is 12.5. The van der Waals surface area contributed by atoms with E-state index in [1.54, 1.807) is 0 Å². The first-order chi connectivity index (χ1) is 8.89. The van der Waals surface area contributed by atoms with Gasteiger partial charge in [-0.2, -0.15) is 13.2 Å². The van der Waals surface area contributed by atoms with Crippen molar-refractivity contribution in [2.45, 2.75) is 19.0 Å². The van der Waals surface area contributed by atoms with Gasteiger partial charge < -0.3 is 4.74 Å². The van der Waals surface area contributed by atoms with Gasteiger partial charge in [0.2, 0.25) is 0 Å². The fourth-order valence-corrected chi connectivity index (χ4v) is 1.10. The summed E-state index contributed by atoms with van der Waals surface area (Å²) in [5.74, 6) is 1.66. The van der Waals surface area contributed by atoms with Crippen molar-refractivity contribution in [2.75, 3.05) is 6.61 Å². The largest absolute Gasteiger partial charge is 0.494 e. The second-order valence-electron chi connectivity index (χ2n) is 3.53. The Morgan fingerprint density at radius 3 is 2.42 bits per heavy atom. The lowest BCUT2D eigenvalue weighted by Gasteiger charge is -2.03. The van der Waals surface area contributed by atoms with E-state index in [-0.39, 0.29) is 18.8 Å². The highest BCUT2D eigenvalue weighted by atomic mass is 19.4. The van der Waals surface area contributed by atoms with Gasteiger partial charge in [0.1, 0.15) is 11.6 Å². The molecule has 6 heteroatoms. The van der Waals surface area contributed by atoms with Crippen LogP contribution in [-0.4, -0.2) is 18.6 Å². The SMILES string of the molecule is O=C(C#CCCCOc1ccc(F)cc1)C(F)(F)F. The smallest absolute Gasteiger partial charge is 0.462 e. The average Bonchev–Trinajstić information content (AvgIpc) is 2.34. The first kappa shape index (κ1) is 15.0.